The molecule has 0 aliphatic carbocycles. The summed E-state index contributed by atoms with van der Waals surface area (Å²) >= 11 is 1.64. The lowest BCUT2D eigenvalue weighted by Gasteiger charge is -2.22. The van der Waals surface area contributed by atoms with Gasteiger partial charge in [-0.15, -0.1) is 11.8 Å². The third kappa shape index (κ3) is 3.40. The van der Waals surface area contributed by atoms with Crippen LogP contribution in [0.5, 0.6) is 0 Å². The number of anilines is 2. The lowest BCUT2D eigenvalue weighted by molar-refractivity contribution is -0.107. The van der Waals surface area contributed by atoms with E-state index in [1.807, 2.05) is 12.1 Å². The zero-order valence-corrected chi connectivity index (χ0v) is 16.9. The third-order valence-corrected chi connectivity index (χ3v) is 7.98. The normalized spacial score (nSPS) is 21.0. The van der Waals surface area contributed by atoms with Crippen LogP contribution in [0.2, 0.25) is 0 Å². The Morgan fingerprint density at radius 3 is 2.93 bits per heavy atom. The molecule has 2 unspecified atom stereocenters. The van der Waals surface area contributed by atoms with E-state index in [4.69, 9.17) is 0 Å². The summed E-state index contributed by atoms with van der Waals surface area (Å²) in [4.78, 5) is 19.4. The van der Waals surface area contributed by atoms with Crippen molar-refractivity contribution in [2.75, 3.05) is 23.2 Å². The van der Waals surface area contributed by atoms with Crippen LogP contribution >= 0.6 is 11.8 Å². The van der Waals surface area contributed by atoms with Crippen LogP contribution in [-0.4, -0.2) is 49.6 Å². The number of thioether (sulfide) groups is 1. The number of nitrogens with zero attached hydrogens (tertiary/aromatic N) is 3. The molecule has 7 nitrogen and oxygen atoms in total. The number of rotatable bonds is 6. The van der Waals surface area contributed by atoms with Gasteiger partial charge in [-0.05, 0) is 23.8 Å². The van der Waals surface area contributed by atoms with E-state index in [2.05, 4.69) is 15.3 Å². The Hall–Kier alpha value is -2.39. The topological polar surface area (TPSA) is 91.7 Å². The summed E-state index contributed by atoms with van der Waals surface area (Å²) in [6, 6.07) is 8.81. The second kappa shape index (κ2) is 7.56. The van der Waals surface area contributed by atoms with Crippen molar-refractivity contribution in [3.63, 3.8) is 0 Å². The molecular formula is C19H20N4O3S2. The van der Waals surface area contributed by atoms with Gasteiger partial charge in [0.05, 0.1) is 29.0 Å². The minimum atomic E-state index is -3.71. The van der Waals surface area contributed by atoms with E-state index in [0.717, 1.165) is 29.0 Å². The summed E-state index contributed by atoms with van der Waals surface area (Å²) in [7, 11) is -2.16. The number of fused-ring (bicyclic) bond motifs is 1. The molecule has 4 rings (SSSR count). The molecule has 1 N–H and O–H groups in total. The lowest BCUT2D eigenvalue weighted by Crippen LogP contribution is -2.28. The number of aromatic nitrogens is 1. The molecule has 28 heavy (non-hydrogen) atoms. The number of hydrogen-bond acceptors (Lipinski definition) is 7. The predicted molar refractivity (Wildman–Crippen MR) is 112 cm³/mol. The van der Waals surface area contributed by atoms with Crippen molar-refractivity contribution in [1.29, 1.82) is 0 Å². The number of carbonyl (C=O) groups excluding carboxylic acids is 1. The van der Waals surface area contributed by atoms with Gasteiger partial charge in [0.15, 0.2) is 0 Å². The predicted octanol–water partition coefficient (Wildman–Crippen LogP) is 2.35. The Kier molecular flexibility index (Phi) is 5.11. The van der Waals surface area contributed by atoms with Crippen LogP contribution in [-0.2, 0) is 21.2 Å². The second-order valence-corrected chi connectivity index (χ2v) is 9.98. The molecule has 0 saturated carbocycles. The van der Waals surface area contributed by atoms with E-state index in [-0.39, 0.29) is 16.2 Å². The molecular weight excluding hydrogens is 396 g/mol. The van der Waals surface area contributed by atoms with Gasteiger partial charge in [0.1, 0.15) is 11.2 Å². The molecule has 2 aliphatic heterocycles. The van der Waals surface area contributed by atoms with Crippen molar-refractivity contribution in [2.24, 2.45) is 4.99 Å². The van der Waals surface area contributed by atoms with E-state index >= 15 is 0 Å². The Morgan fingerprint density at radius 2 is 2.18 bits per heavy atom. The minimum absolute atomic E-state index is 0.00676. The maximum Gasteiger partial charge on any atom is 0.265 e. The second-order valence-electron chi connectivity index (χ2n) is 6.69. The fourth-order valence-electron chi connectivity index (χ4n) is 3.43. The number of nitrogens with one attached hydrogen (secondary N) is 1. The van der Waals surface area contributed by atoms with Gasteiger partial charge in [-0.2, -0.15) is 0 Å². The SMILES string of the molecule is CN(c1cccc2c1NC(C1=NCC(CC=O)S1)C2)S(=O)(=O)c1cccnc1. The number of benzene rings is 1. The van der Waals surface area contributed by atoms with Crippen LogP contribution in [0.25, 0.3) is 0 Å². The fourth-order valence-corrected chi connectivity index (χ4v) is 5.72. The number of sulfonamides is 1. The van der Waals surface area contributed by atoms with Gasteiger partial charge in [0.2, 0.25) is 0 Å². The zero-order valence-electron chi connectivity index (χ0n) is 15.3. The first-order chi connectivity index (χ1) is 13.5. The van der Waals surface area contributed by atoms with E-state index < -0.39 is 10.0 Å². The zero-order chi connectivity index (χ0) is 19.7. The number of hydrogen-bond donors (Lipinski definition) is 1. The molecule has 0 bridgehead atoms. The van der Waals surface area contributed by atoms with Crippen LogP contribution in [0.4, 0.5) is 11.4 Å². The molecule has 3 heterocycles. The molecule has 0 spiro atoms. The van der Waals surface area contributed by atoms with Crippen LogP contribution in [0.15, 0.2) is 52.6 Å². The summed E-state index contributed by atoms with van der Waals surface area (Å²) in [5.41, 5.74) is 2.46. The van der Waals surface area contributed by atoms with Crippen LogP contribution < -0.4 is 9.62 Å². The number of aliphatic imine (C=N–C) groups is 1. The molecule has 1 aromatic carbocycles. The Labute approximate surface area is 168 Å². The molecule has 0 amide bonds. The number of pyridine rings is 1. The molecule has 0 fully saturated rings. The number of aldehydes is 1. The standard InChI is InChI=1S/C19H20N4O3S2/c1-23(28(25,26)15-5-3-8-20-12-15)17-6-2-4-13-10-16(22-18(13)17)19-21-11-14(27-19)7-9-24/h2-6,8-9,12,14,16,22H,7,10-11H2,1H3. The third-order valence-electron chi connectivity index (χ3n) is 4.90. The van der Waals surface area contributed by atoms with Gasteiger partial charge in [-0.3, -0.25) is 14.3 Å². The molecule has 146 valence electrons. The van der Waals surface area contributed by atoms with E-state index in [9.17, 15) is 13.2 Å². The highest BCUT2D eigenvalue weighted by Gasteiger charge is 2.33. The van der Waals surface area contributed by atoms with Crippen molar-refractivity contribution in [3.8, 4) is 0 Å². The van der Waals surface area contributed by atoms with Crippen LogP contribution in [0, 0.1) is 0 Å². The molecule has 2 atom stereocenters. The Morgan fingerprint density at radius 1 is 1.32 bits per heavy atom. The summed E-state index contributed by atoms with van der Waals surface area (Å²) in [6.45, 7) is 0.648. The minimum Gasteiger partial charge on any atom is -0.374 e. The molecule has 2 aromatic rings. The van der Waals surface area contributed by atoms with Gasteiger partial charge in [0, 0.05) is 37.5 Å². The molecule has 2 aliphatic rings. The van der Waals surface area contributed by atoms with Gasteiger partial charge in [-0.1, -0.05) is 12.1 Å². The smallest absolute Gasteiger partial charge is 0.265 e. The Bertz CT molecular complexity index is 1020. The maximum absolute atomic E-state index is 13.0. The highest BCUT2D eigenvalue weighted by molar-refractivity contribution is 8.14. The van der Waals surface area contributed by atoms with Gasteiger partial charge < -0.3 is 10.1 Å². The van der Waals surface area contributed by atoms with Crippen LogP contribution in [0.3, 0.4) is 0 Å². The summed E-state index contributed by atoms with van der Waals surface area (Å²) in [5.74, 6) is 0. The summed E-state index contributed by atoms with van der Waals surface area (Å²) in [5, 5.41) is 4.63. The van der Waals surface area contributed by atoms with E-state index in [1.54, 1.807) is 37.1 Å². The fraction of sp³-hybridized carbons (Fsp3) is 0.316. The molecule has 0 saturated heterocycles. The first kappa shape index (κ1) is 18.9. The largest absolute Gasteiger partial charge is 0.374 e. The summed E-state index contributed by atoms with van der Waals surface area (Å²) < 4.78 is 27.3. The highest BCUT2D eigenvalue weighted by Crippen LogP contribution is 2.39. The van der Waals surface area contributed by atoms with E-state index in [0.29, 0.717) is 18.7 Å². The number of carbonyl (C=O) groups is 1. The first-order valence-corrected chi connectivity index (χ1v) is 11.2. The van der Waals surface area contributed by atoms with E-state index in [1.165, 1.54) is 16.6 Å². The summed E-state index contributed by atoms with van der Waals surface area (Å²) in [6.07, 6.45) is 5.06. The number of para-hydroxylation sites is 1. The first-order valence-electron chi connectivity index (χ1n) is 8.92. The average Bonchev–Trinajstić information content (AvgIpc) is 3.35. The molecule has 9 heteroatoms. The van der Waals surface area contributed by atoms with Crippen molar-refractivity contribution >= 4 is 44.5 Å². The maximum atomic E-state index is 13.0. The van der Waals surface area contributed by atoms with Crippen molar-refractivity contribution in [2.45, 2.75) is 29.0 Å². The van der Waals surface area contributed by atoms with Crippen molar-refractivity contribution < 1.29 is 13.2 Å². The van der Waals surface area contributed by atoms with Crippen LogP contribution in [0.1, 0.15) is 12.0 Å². The van der Waals surface area contributed by atoms with Gasteiger partial charge >= 0.3 is 0 Å². The monoisotopic (exact) mass is 416 g/mol. The average molecular weight is 417 g/mol. The van der Waals surface area contributed by atoms with Gasteiger partial charge in [-0.25, -0.2) is 8.42 Å². The molecule has 0 radical (unpaired) electrons. The quantitative estimate of drug-likeness (QED) is 0.727. The van der Waals surface area contributed by atoms with Crippen molar-refractivity contribution in [3.05, 3.63) is 48.3 Å². The van der Waals surface area contributed by atoms with Gasteiger partial charge in [0.25, 0.3) is 10.0 Å². The Balaban J connectivity index is 1.59. The molecule has 1 aromatic heterocycles. The highest BCUT2D eigenvalue weighted by atomic mass is 32.2. The lowest BCUT2D eigenvalue weighted by atomic mass is 10.1. The van der Waals surface area contributed by atoms with Crippen molar-refractivity contribution in [1.82, 2.24) is 4.98 Å².